The summed E-state index contributed by atoms with van der Waals surface area (Å²) in [5, 5.41) is 18.3. The van der Waals surface area contributed by atoms with Crippen LogP contribution in [-0.2, 0) is 43.6 Å². The van der Waals surface area contributed by atoms with Crippen molar-refractivity contribution in [2.24, 2.45) is 0 Å². The summed E-state index contributed by atoms with van der Waals surface area (Å²) in [6, 6.07) is 0. The van der Waals surface area contributed by atoms with Crippen LogP contribution in [0, 0.1) is 0 Å². The lowest BCUT2D eigenvalue weighted by Crippen LogP contribution is -2.12. The zero-order chi connectivity index (χ0) is 33.6. The van der Waals surface area contributed by atoms with Crippen molar-refractivity contribution in [2.45, 2.75) is 221 Å². The molecule has 0 saturated heterocycles. The normalized spacial score (nSPS) is 11.5. The Morgan fingerprint density at radius 1 is 0.319 bits per heavy atom. The van der Waals surface area contributed by atoms with Crippen LogP contribution in [0.4, 0.5) is 0 Å². The van der Waals surface area contributed by atoms with Crippen LogP contribution >= 0.6 is 0 Å². The van der Waals surface area contributed by atoms with E-state index in [0.717, 1.165) is 61.3 Å². The maximum atomic E-state index is 6.08. The molecule has 7 nitrogen and oxygen atoms in total. The van der Waals surface area contributed by atoms with Crippen LogP contribution in [0.15, 0.2) is 0 Å². The lowest BCUT2D eigenvalue weighted by atomic mass is 10.0. The van der Waals surface area contributed by atoms with E-state index in [-0.39, 0.29) is 0 Å². The molecular formula is C40H72N6O. The summed E-state index contributed by atoms with van der Waals surface area (Å²) in [5.41, 5.74) is 4.43. The van der Waals surface area contributed by atoms with E-state index in [1.807, 2.05) is 0 Å². The van der Waals surface area contributed by atoms with Gasteiger partial charge in [-0.15, -0.1) is 10.2 Å². The molecule has 2 aromatic heterocycles. The van der Waals surface area contributed by atoms with Crippen LogP contribution in [0.25, 0.3) is 0 Å². The lowest BCUT2D eigenvalue weighted by Gasteiger charge is -2.11. The minimum absolute atomic E-state index is 0.323. The Bertz CT molecular complexity index is 937. The van der Waals surface area contributed by atoms with Crippen molar-refractivity contribution in [2.75, 3.05) is 0 Å². The summed E-state index contributed by atoms with van der Waals surface area (Å²) >= 11 is 0. The minimum Gasteiger partial charge on any atom is -0.365 e. The molecule has 268 valence electrons. The number of hydrogen-bond donors (Lipinski definition) is 0. The van der Waals surface area contributed by atoms with E-state index < -0.39 is 0 Å². The lowest BCUT2D eigenvalue weighted by molar-refractivity contribution is 0.0946. The van der Waals surface area contributed by atoms with E-state index in [0.29, 0.717) is 24.9 Å². The molecule has 2 rings (SSSR count). The first-order chi connectivity index (χ1) is 23.2. The van der Waals surface area contributed by atoms with Gasteiger partial charge in [-0.2, -0.15) is 10.2 Å². The molecule has 0 aliphatic rings. The Balaban J connectivity index is 1.96. The molecule has 0 aliphatic carbocycles. The van der Waals surface area contributed by atoms with Crippen molar-refractivity contribution in [1.29, 1.82) is 0 Å². The Morgan fingerprint density at radius 2 is 0.596 bits per heavy atom. The van der Waals surface area contributed by atoms with Crippen molar-refractivity contribution < 1.29 is 4.74 Å². The van der Waals surface area contributed by atoms with Crippen molar-refractivity contribution in [3.8, 4) is 0 Å². The summed E-state index contributed by atoms with van der Waals surface area (Å²) in [6.07, 6.45) is 34.7. The smallest absolute Gasteiger partial charge is 0.177 e. The highest BCUT2D eigenvalue weighted by Crippen LogP contribution is 2.17. The molecular weight excluding hydrogens is 580 g/mol. The fourth-order valence-electron chi connectivity index (χ4n) is 6.27. The molecule has 0 bridgehead atoms. The molecule has 2 heterocycles. The zero-order valence-electron chi connectivity index (χ0n) is 31.3. The highest BCUT2D eigenvalue weighted by molar-refractivity contribution is 5.12. The van der Waals surface area contributed by atoms with Crippen LogP contribution in [0.5, 0.6) is 0 Å². The molecule has 0 fully saturated rings. The van der Waals surface area contributed by atoms with Crippen molar-refractivity contribution in [3.05, 3.63) is 34.4 Å². The molecule has 47 heavy (non-hydrogen) atoms. The van der Waals surface area contributed by atoms with Crippen LogP contribution in [0.1, 0.15) is 216 Å². The number of rotatable bonds is 32. The van der Waals surface area contributed by atoms with E-state index in [4.69, 9.17) is 14.7 Å². The molecule has 0 radical (unpaired) electrons. The second-order valence-electron chi connectivity index (χ2n) is 13.8. The van der Waals surface area contributed by atoms with Crippen molar-refractivity contribution in [1.82, 2.24) is 30.4 Å². The number of hydrogen-bond acceptors (Lipinski definition) is 7. The Hall–Kier alpha value is -2.02. The SMILES string of the molecule is CCCCCCCCc1nnc(COCc2nnc(CCCCCCCC)c(CCCCCCCC)n2)nc1CCCCCCCC. The van der Waals surface area contributed by atoms with Gasteiger partial charge in [0.2, 0.25) is 0 Å². The van der Waals surface area contributed by atoms with Crippen LogP contribution < -0.4 is 0 Å². The molecule has 0 aromatic carbocycles. The molecule has 0 aliphatic heterocycles. The molecule has 0 amide bonds. The van der Waals surface area contributed by atoms with Crippen LogP contribution in [0.3, 0.4) is 0 Å². The van der Waals surface area contributed by atoms with E-state index in [9.17, 15) is 0 Å². The number of aryl methyl sites for hydroxylation is 4. The van der Waals surface area contributed by atoms with Gasteiger partial charge >= 0.3 is 0 Å². The third-order valence-electron chi connectivity index (χ3n) is 9.30. The molecule has 0 saturated carbocycles. The molecule has 0 spiro atoms. The van der Waals surface area contributed by atoms with Gasteiger partial charge in [0.1, 0.15) is 13.2 Å². The highest BCUT2D eigenvalue weighted by atomic mass is 16.5. The van der Waals surface area contributed by atoms with Gasteiger partial charge in [-0.3, -0.25) is 0 Å². The predicted octanol–water partition coefficient (Wildman–Crippen LogP) is 11.4. The van der Waals surface area contributed by atoms with Gasteiger partial charge in [0, 0.05) is 0 Å². The third-order valence-corrected chi connectivity index (χ3v) is 9.30. The van der Waals surface area contributed by atoms with Crippen molar-refractivity contribution in [3.63, 3.8) is 0 Å². The molecule has 0 N–H and O–H groups in total. The van der Waals surface area contributed by atoms with Crippen LogP contribution in [0.2, 0.25) is 0 Å². The zero-order valence-corrected chi connectivity index (χ0v) is 31.3. The number of nitrogens with zero attached hydrogens (tertiary/aromatic N) is 6. The molecule has 0 atom stereocenters. The first-order valence-electron chi connectivity index (χ1n) is 20.2. The maximum absolute atomic E-state index is 6.08. The van der Waals surface area contributed by atoms with Gasteiger partial charge in [0.25, 0.3) is 0 Å². The van der Waals surface area contributed by atoms with Gasteiger partial charge in [0.05, 0.1) is 22.8 Å². The van der Waals surface area contributed by atoms with E-state index in [1.165, 1.54) is 141 Å². The van der Waals surface area contributed by atoms with Gasteiger partial charge in [0.15, 0.2) is 11.6 Å². The van der Waals surface area contributed by atoms with E-state index in [1.54, 1.807) is 0 Å². The van der Waals surface area contributed by atoms with Gasteiger partial charge in [-0.05, 0) is 51.4 Å². The summed E-state index contributed by atoms with van der Waals surface area (Å²) in [7, 11) is 0. The number of ether oxygens (including phenoxy) is 1. The standard InChI is InChI=1S/C40H72N6O/c1-5-9-13-17-21-25-29-35-37(31-27-23-19-15-11-7-3)43-45-39(41-35)33-47-34-40-42-36(30-26-22-18-14-10-6-2)38(44-46-40)32-28-24-20-16-12-8-4/h5-34H2,1-4H3. The average molecular weight is 653 g/mol. The van der Waals surface area contributed by atoms with E-state index in [2.05, 4.69) is 48.1 Å². The van der Waals surface area contributed by atoms with Gasteiger partial charge in [-0.1, -0.05) is 156 Å². The Kier molecular flexibility index (Phi) is 25.3. The first-order valence-corrected chi connectivity index (χ1v) is 20.2. The van der Waals surface area contributed by atoms with E-state index >= 15 is 0 Å². The summed E-state index contributed by atoms with van der Waals surface area (Å²) in [5.74, 6) is 1.33. The second-order valence-corrected chi connectivity index (χ2v) is 13.8. The minimum atomic E-state index is 0.323. The monoisotopic (exact) mass is 653 g/mol. The number of unbranched alkanes of at least 4 members (excludes halogenated alkanes) is 20. The Morgan fingerprint density at radius 3 is 0.915 bits per heavy atom. The fraction of sp³-hybridized carbons (Fsp3) is 0.850. The third kappa shape index (κ3) is 20.2. The topological polar surface area (TPSA) is 86.6 Å². The average Bonchev–Trinajstić information content (AvgIpc) is 3.08. The largest absolute Gasteiger partial charge is 0.365 e. The molecule has 0 unspecified atom stereocenters. The van der Waals surface area contributed by atoms with Crippen molar-refractivity contribution >= 4 is 0 Å². The van der Waals surface area contributed by atoms with Gasteiger partial charge < -0.3 is 4.74 Å². The summed E-state index contributed by atoms with van der Waals surface area (Å²) in [4.78, 5) is 9.95. The Labute approximate surface area is 289 Å². The highest BCUT2D eigenvalue weighted by Gasteiger charge is 2.13. The van der Waals surface area contributed by atoms with Gasteiger partial charge in [-0.25, -0.2) is 9.97 Å². The first kappa shape index (κ1) is 41.2. The molecule has 7 heteroatoms. The van der Waals surface area contributed by atoms with Crippen LogP contribution in [-0.4, -0.2) is 30.4 Å². The second kappa shape index (κ2) is 28.9. The number of aromatic nitrogens is 6. The predicted molar refractivity (Wildman–Crippen MR) is 196 cm³/mol. The quantitative estimate of drug-likeness (QED) is 0.0727. The molecule has 2 aromatic rings. The summed E-state index contributed by atoms with van der Waals surface area (Å²) < 4.78 is 6.08. The maximum Gasteiger partial charge on any atom is 0.177 e. The summed E-state index contributed by atoms with van der Waals surface area (Å²) in [6.45, 7) is 9.73. The fourth-order valence-corrected chi connectivity index (χ4v) is 6.27.